The number of aliphatic hydroxyl groups excluding tert-OH is 3. The monoisotopic (exact) mass is 541 g/mol. The molecule has 1 saturated heterocycles. The SMILES string of the molecule is NC(N)=NCc1cc2c(c(O)c1O[C@H]1O[C@@H](C3(O)CCCCC3)[C@H](O)[C@@H](O)[C@@H]1O)C(=O)c1ccccc1C2=O. The van der Waals surface area contributed by atoms with Gasteiger partial charge in [0.15, 0.2) is 29.0 Å². The Morgan fingerprint density at radius 3 is 2.26 bits per heavy atom. The molecule has 3 aliphatic rings. The molecule has 2 fully saturated rings. The van der Waals surface area contributed by atoms with E-state index in [0.29, 0.717) is 25.7 Å². The van der Waals surface area contributed by atoms with E-state index in [2.05, 4.69) is 4.99 Å². The summed E-state index contributed by atoms with van der Waals surface area (Å²) >= 11 is 0. The van der Waals surface area contributed by atoms with Gasteiger partial charge in [0, 0.05) is 22.3 Å². The minimum absolute atomic E-state index is 0.0840. The summed E-state index contributed by atoms with van der Waals surface area (Å²) in [6.07, 6.45) is -5.29. The van der Waals surface area contributed by atoms with Gasteiger partial charge in [0.05, 0.1) is 17.7 Å². The number of ketones is 2. The molecule has 5 atom stereocenters. The maximum absolute atomic E-state index is 13.3. The molecule has 0 bridgehead atoms. The number of aliphatic imine (C=N–C) groups is 1. The number of aromatic hydroxyl groups is 1. The Bertz CT molecular complexity index is 1330. The van der Waals surface area contributed by atoms with Gasteiger partial charge in [-0.25, -0.2) is 4.99 Å². The lowest BCUT2D eigenvalue weighted by Gasteiger charge is -2.48. The van der Waals surface area contributed by atoms with Crippen LogP contribution < -0.4 is 16.2 Å². The van der Waals surface area contributed by atoms with Crippen molar-refractivity contribution in [1.82, 2.24) is 0 Å². The zero-order valence-electron chi connectivity index (χ0n) is 21.0. The van der Waals surface area contributed by atoms with Crippen LogP contribution in [0.5, 0.6) is 11.5 Å². The van der Waals surface area contributed by atoms with Gasteiger partial charge in [-0.05, 0) is 18.9 Å². The Hall–Kier alpha value is -3.55. The zero-order valence-corrected chi connectivity index (χ0v) is 21.0. The average molecular weight is 542 g/mol. The molecule has 0 unspecified atom stereocenters. The largest absolute Gasteiger partial charge is 0.504 e. The van der Waals surface area contributed by atoms with E-state index in [-0.39, 0.29) is 46.1 Å². The second-order valence-electron chi connectivity index (χ2n) is 10.3. The molecule has 2 aromatic carbocycles. The lowest BCUT2D eigenvalue weighted by molar-refractivity contribution is -0.308. The van der Waals surface area contributed by atoms with Gasteiger partial charge in [0.2, 0.25) is 6.29 Å². The maximum atomic E-state index is 13.3. The fourth-order valence-electron chi connectivity index (χ4n) is 5.65. The molecular weight excluding hydrogens is 510 g/mol. The van der Waals surface area contributed by atoms with Crippen LogP contribution in [-0.4, -0.2) is 79.4 Å². The first-order valence-corrected chi connectivity index (χ1v) is 12.7. The second-order valence-corrected chi connectivity index (χ2v) is 10.3. The van der Waals surface area contributed by atoms with Crippen molar-refractivity contribution in [3.63, 3.8) is 0 Å². The maximum Gasteiger partial charge on any atom is 0.229 e. The predicted octanol–water partition coefficient (Wildman–Crippen LogP) is -0.177. The van der Waals surface area contributed by atoms with Crippen LogP contribution in [0.15, 0.2) is 35.3 Å². The molecule has 1 saturated carbocycles. The van der Waals surface area contributed by atoms with E-state index in [1.54, 1.807) is 12.1 Å². The van der Waals surface area contributed by atoms with E-state index in [4.69, 9.17) is 20.9 Å². The molecule has 2 aromatic rings. The number of carbonyl (C=O) groups is 2. The summed E-state index contributed by atoms with van der Waals surface area (Å²) < 4.78 is 11.7. The Labute approximate surface area is 223 Å². The fraction of sp³-hybridized carbons (Fsp3) is 0.444. The molecular formula is C27H31N3O9. The number of carbonyl (C=O) groups excluding carboxylic acids is 2. The number of benzene rings is 2. The molecule has 12 nitrogen and oxygen atoms in total. The minimum atomic E-state index is -1.80. The Balaban J connectivity index is 1.57. The molecule has 0 radical (unpaired) electrons. The van der Waals surface area contributed by atoms with Gasteiger partial charge in [-0.1, -0.05) is 43.5 Å². The summed E-state index contributed by atoms with van der Waals surface area (Å²) in [5, 5.41) is 54.5. The Kier molecular flexibility index (Phi) is 7.08. The number of phenols is 1. The molecule has 39 heavy (non-hydrogen) atoms. The number of ether oxygens (including phenoxy) is 2. The van der Waals surface area contributed by atoms with Gasteiger partial charge in [0.1, 0.15) is 24.4 Å². The molecule has 208 valence electrons. The summed E-state index contributed by atoms with van der Waals surface area (Å²) in [6, 6.07) is 7.49. The quantitative estimate of drug-likeness (QED) is 0.166. The van der Waals surface area contributed by atoms with Gasteiger partial charge in [-0.15, -0.1) is 0 Å². The normalized spacial score (nSPS) is 27.8. The van der Waals surface area contributed by atoms with Crippen molar-refractivity contribution in [1.29, 1.82) is 0 Å². The minimum Gasteiger partial charge on any atom is -0.504 e. The van der Waals surface area contributed by atoms with Crippen LogP contribution in [0, 0.1) is 0 Å². The number of phenolic OH excluding ortho intramolecular Hbond substituents is 1. The van der Waals surface area contributed by atoms with E-state index in [0.717, 1.165) is 6.42 Å². The number of nitrogens with zero attached hydrogens (tertiary/aromatic N) is 1. The highest BCUT2D eigenvalue weighted by atomic mass is 16.7. The summed E-state index contributed by atoms with van der Waals surface area (Å²) in [4.78, 5) is 30.5. The van der Waals surface area contributed by atoms with E-state index in [1.807, 2.05) is 0 Å². The number of guanidine groups is 1. The Morgan fingerprint density at radius 2 is 1.62 bits per heavy atom. The number of rotatable bonds is 5. The number of nitrogens with two attached hydrogens (primary N) is 2. The summed E-state index contributed by atoms with van der Waals surface area (Å²) in [5.74, 6) is -2.48. The number of fused-ring (bicyclic) bond motifs is 2. The molecule has 0 aromatic heterocycles. The van der Waals surface area contributed by atoms with Crippen LogP contribution >= 0.6 is 0 Å². The average Bonchev–Trinajstić information content (AvgIpc) is 2.92. The third kappa shape index (κ3) is 4.64. The van der Waals surface area contributed by atoms with Crippen LogP contribution in [0.3, 0.4) is 0 Å². The van der Waals surface area contributed by atoms with Crippen LogP contribution in [0.4, 0.5) is 0 Å². The fourth-order valence-corrected chi connectivity index (χ4v) is 5.65. The van der Waals surface area contributed by atoms with Crippen molar-refractivity contribution >= 4 is 17.5 Å². The first kappa shape index (κ1) is 27.0. The summed E-state index contributed by atoms with van der Waals surface area (Å²) in [6.45, 7) is -0.275. The molecule has 0 spiro atoms. The highest BCUT2D eigenvalue weighted by Crippen LogP contribution is 2.44. The standard InChI is InChI=1S/C27H31N3O9/c28-26(29)30-11-12-10-15-16(18(32)14-7-3-2-6-13(14)17(15)31)19(33)23(12)38-25-22(36)20(34)21(35)24(39-25)27(37)8-4-1-5-9-27/h2-3,6-7,10,20-22,24-25,33-37H,1,4-5,8-9,11H2,(H4,28,29,30)/t20-,21-,22+,24-,25+/m1/s1. The van der Waals surface area contributed by atoms with Crippen LogP contribution in [0.1, 0.15) is 69.5 Å². The van der Waals surface area contributed by atoms with Gasteiger partial charge in [-0.2, -0.15) is 0 Å². The van der Waals surface area contributed by atoms with Gasteiger partial charge >= 0.3 is 0 Å². The van der Waals surface area contributed by atoms with Gasteiger partial charge in [-0.3, -0.25) is 9.59 Å². The molecule has 1 heterocycles. The summed E-state index contributed by atoms with van der Waals surface area (Å²) in [7, 11) is 0. The number of hydrogen-bond donors (Lipinski definition) is 7. The summed E-state index contributed by atoms with van der Waals surface area (Å²) in [5.41, 5.74) is 9.45. The zero-order chi connectivity index (χ0) is 28.1. The lowest BCUT2D eigenvalue weighted by atomic mass is 9.76. The van der Waals surface area contributed by atoms with Crippen molar-refractivity contribution in [2.24, 2.45) is 16.5 Å². The smallest absolute Gasteiger partial charge is 0.229 e. The second kappa shape index (κ2) is 10.2. The van der Waals surface area contributed by atoms with E-state index < -0.39 is 53.6 Å². The highest BCUT2D eigenvalue weighted by molar-refractivity contribution is 6.29. The third-order valence-electron chi connectivity index (χ3n) is 7.70. The van der Waals surface area contributed by atoms with Crippen LogP contribution in [-0.2, 0) is 11.3 Å². The Morgan fingerprint density at radius 1 is 0.974 bits per heavy atom. The molecule has 0 amide bonds. The van der Waals surface area contributed by atoms with E-state index >= 15 is 0 Å². The number of hydrogen-bond acceptors (Lipinski definition) is 10. The lowest BCUT2D eigenvalue weighted by Crippen LogP contribution is -2.65. The van der Waals surface area contributed by atoms with E-state index in [1.165, 1.54) is 18.2 Å². The molecule has 12 heteroatoms. The van der Waals surface area contributed by atoms with Crippen LogP contribution in [0.25, 0.3) is 0 Å². The van der Waals surface area contributed by atoms with Crippen LogP contribution in [0.2, 0.25) is 0 Å². The van der Waals surface area contributed by atoms with Crippen molar-refractivity contribution in [2.45, 2.75) is 75.0 Å². The van der Waals surface area contributed by atoms with Gasteiger partial charge in [0.25, 0.3) is 0 Å². The van der Waals surface area contributed by atoms with Crippen molar-refractivity contribution in [3.05, 3.63) is 58.1 Å². The molecule has 1 aliphatic heterocycles. The third-order valence-corrected chi connectivity index (χ3v) is 7.70. The number of aliphatic hydroxyl groups is 4. The highest BCUT2D eigenvalue weighted by Gasteiger charge is 2.53. The topological polar surface area (TPSA) is 218 Å². The first-order chi connectivity index (χ1) is 18.5. The van der Waals surface area contributed by atoms with Crippen molar-refractivity contribution in [2.75, 3.05) is 0 Å². The predicted molar refractivity (Wildman–Crippen MR) is 136 cm³/mol. The van der Waals surface area contributed by atoms with E-state index in [9.17, 15) is 35.1 Å². The van der Waals surface area contributed by atoms with Crippen molar-refractivity contribution < 1.29 is 44.6 Å². The first-order valence-electron chi connectivity index (χ1n) is 12.7. The molecule has 5 rings (SSSR count). The van der Waals surface area contributed by atoms with Crippen molar-refractivity contribution in [3.8, 4) is 11.5 Å². The molecule has 9 N–H and O–H groups in total. The molecule has 2 aliphatic carbocycles. The van der Waals surface area contributed by atoms with Gasteiger partial charge < -0.3 is 46.5 Å².